The summed E-state index contributed by atoms with van der Waals surface area (Å²) in [5.74, 6) is 0.745. The lowest BCUT2D eigenvalue weighted by atomic mass is 10.2. The first kappa shape index (κ1) is 23.6. The third-order valence-corrected chi connectivity index (χ3v) is 5.47. The molecule has 0 bridgehead atoms. The molecular weight excluding hydrogens is 471 g/mol. The highest BCUT2D eigenvalue weighted by Crippen LogP contribution is 2.37. The first-order valence-corrected chi connectivity index (χ1v) is 10.8. The summed E-state index contributed by atoms with van der Waals surface area (Å²) in [6.07, 6.45) is -2.23. The van der Waals surface area contributed by atoms with Crippen molar-refractivity contribution in [2.75, 3.05) is 29.9 Å². The molecular formula is C23H21ClF3N5O2. The van der Waals surface area contributed by atoms with Gasteiger partial charge < -0.3 is 20.3 Å². The number of hydrogen-bond acceptors (Lipinski definition) is 6. The Labute approximate surface area is 198 Å². The zero-order valence-corrected chi connectivity index (χ0v) is 18.9. The lowest BCUT2D eigenvalue weighted by Crippen LogP contribution is -2.33. The fraction of sp³-hybridized carbons (Fsp3) is 0.261. The van der Waals surface area contributed by atoms with Crippen molar-refractivity contribution >= 4 is 34.7 Å². The summed E-state index contributed by atoms with van der Waals surface area (Å²) >= 11 is 6.35. The number of fused-ring (bicyclic) bond motifs is 1. The Morgan fingerprint density at radius 1 is 1.21 bits per heavy atom. The van der Waals surface area contributed by atoms with Gasteiger partial charge in [-0.1, -0.05) is 17.7 Å². The van der Waals surface area contributed by atoms with E-state index >= 15 is 0 Å². The van der Waals surface area contributed by atoms with E-state index in [0.29, 0.717) is 24.6 Å². The molecule has 1 aliphatic rings. The van der Waals surface area contributed by atoms with Crippen LogP contribution in [0.4, 0.5) is 30.4 Å². The van der Waals surface area contributed by atoms with Gasteiger partial charge in [0.2, 0.25) is 5.91 Å². The molecule has 0 fully saturated rings. The Morgan fingerprint density at radius 3 is 2.76 bits per heavy atom. The number of alkyl halides is 3. The maximum absolute atomic E-state index is 12.9. The maximum atomic E-state index is 12.9. The van der Waals surface area contributed by atoms with Crippen LogP contribution in [0.5, 0.6) is 11.5 Å². The summed E-state index contributed by atoms with van der Waals surface area (Å²) in [4.78, 5) is 22.0. The number of ether oxygens (including phenoxy) is 1. The van der Waals surface area contributed by atoms with Crippen LogP contribution < -0.4 is 20.3 Å². The van der Waals surface area contributed by atoms with Crippen LogP contribution in [-0.4, -0.2) is 35.5 Å². The molecule has 2 N–H and O–H groups in total. The van der Waals surface area contributed by atoms with Gasteiger partial charge in [-0.3, -0.25) is 4.79 Å². The standard InChI is InChI=1S/C23H21ClF3N5O2/c1-14(33)28-8-10-32-9-7-19-21(32)22(30-13-29-19)31-16-5-6-20(18(24)12-16)34-17-4-2-3-15(11-17)23(25,26)27/h2-6,11-13H,7-10H2,1H3,(H,28,33)(H,29,30,31). The van der Waals surface area contributed by atoms with Crippen molar-refractivity contribution in [3.05, 3.63) is 65.1 Å². The van der Waals surface area contributed by atoms with Gasteiger partial charge in [-0.2, -0.15) is 13.2 Å². The zero-order valence-electron chi connectivity index (χ0n) is 18.1. The Bertz CT molecular complexity index is 1210. The first-order chi connectivity index (χ1) is 16.2. The maximum Gasteiger partial charge on any atom is 0.416 e. The number of aromatic nitrogens is 2. The number of halogens is 4. The zero-order chi connectivity index (χ0) is 24.3. The predicted molar refractivity (Wildman–Crippen MR) is 123 cm³/mol. The minimum Gasteiger partial charge on any atom is -0.456 e. The fourth-order valence-corrected chi connectivity index (χ4v) is 3.85. The monoisotopic (exact) mass is 491 g/mol. The molecule has 0 aliphatic carbocycles. The number of hydrogen-bond donors (Lipinski definition) is 2. The summed E-state index contributed by atoms with van der Waals surface area (Å²) in [5, 5.41) is 6.23. The average molecular weight is 492 g/mol. The van der Waals surface area contributed by atoms with Crippen LogP contribution in [0, 0.1) is 0 Å². The van der Waals surface area contributed by atoms with Gasteiger partial charge in [0.05, 0.1) is 16.3 Å². The van der Waals surface area contributed by atoms with Crippen molar-refractivity contribution in [1.29, 1.82) is 0 Å². The minimum atomic E-state index is -4.47. The summed E-state index contributed by atoms with van der Waals surface area (Å²) in [6, 6.07) is 9.46. The van der Waals surface area contributed by atoms with E-state index in [4.69, 9.17) is 16.3 Å². The van der Waals surface area contributed by atoms with Crippen molar-refractivity contribution in [1.82, 2.24) is 15.3 Å². The van der Waals surface area contributed by atoms with E-state index in [1.165, 1.54) is 25.4 Å². The second kappa shape index (κ2) is 9.76. The number of anilines is 3. The van der Waals surface area contributed by atoms with E-state index in [0.717, 1.165) is 36.5 Å². The largest absolute Gasteiger partial charge is 0.456 e. The van der Waals surface area contributed by atoms with Crippen molar-refractivity contribution in [3.63, 3.8) is 0 Å². The molecule has 2 aromatic carbocycles. The number of carbonyl (C=O) groups excluding carboxylic acids is 1. The molecule has 34 heavy (non-hydrogen) atoms. The van der Waals surface area contributed by atoms with Crippen molar-refractivity contribution in [2.24, 2.45) is 0 Å². The van der Waals surface area contributed by atoms with Crippen molar-refractivity contribution < 1.29 is 22.7 Å². The molecule has 4 rings (SSSR count). The Balaban J connectivity index is 1.50. The molecule has 1 aromatic heterocycles. The van der Waals surface area contributed by atoms with Crippen LogP contribution in [0.3, 0.4) is 0 Å². The molecule has 0 unspecified atom stereocenters. The van der Waals surface area contributed by atoms with Crippen LogP contribution in [0.2, 0.25) is 5.02 Å². The van der Waals surface area contributed by atoms with E-state index in [2.05, 4.69) is 25.5 Å². The van der Waals surface area contributed by atoms with Crippen LogP contribution in [0.25, 0.3) is 0 Å². The lowest BCUT2D eigenvalue weighted by Gasteiger charge is -2.21. The van der Waals surface area contributed by atoms with Crippen LogP contribution in [0.1, 0.15) is 18.2 Å². The van der Waals surface area contributed by atoms with Crippen LogP contribution in [0.15, 0.2) is 48.8 Å². The average Bonchev–Trinajstić information content (AvgIpc) is 3.19. The molecule has 0 saturated carbocycles. The van der Waals surface area contributed by atoms with E-state index < -0.39 is 11.7 Å². The molecule has 0 radical (unpaired) electrons. The van der Waals surface area contributed by atoms with Gasteiger partial charge in [0.15, 0.2) is 5.82 Å². The molecule has 0 saturated heterocycles. The number of nitrogens with zero attached hydrogens (tertiary/aromatic N) is 3. The quantitative estimate of drug-likeness (QED) is 0.474. The molecule has 3 aromatic rings. The smallest absolute Gasteiger partial charge is 0.416 e. The fourth-order valence-electron chi connectivity index (χ4n) is 3.63. The van der Waals surface area contributed by atoms with Crippen molar-refractivity contribution in [3.8, 4) is 11.5 Å². The third-order valence-electron chi connectivity index (χ3n) is 5.17. The highest BCUT2D eigenvalue weighted by atomic mass is 35.5. The molecule has 178 valence electrons. The van der Waals surface area contributed by atoms with Gasteiger partial charge in [-0.25, -0.2) is 9.97 Å². The molecule has 0 spiro atoms. The highest BCUT2D eigenvalue weighted by Gasteiger charge is 2.30. The van der Waals surface area contributed by atoms with Gasteiger partial charge >= 0.3 is 6.18 Å². The summed E-state index contributed by atoms with van der Waals surface area (Å²) < 4.78 is 44.4. The third kappa shape index (κ3) is 5.51. The molecule has 1 aliphatic heterocycles. The molecule has 7 nitrogen and oxygen atoms in total. The van der Waals surface area contributed by atoms with Gasteiger partial charge in [0.1, 0.15) is 23.5 Å². The summed E-state index contributed by atoms with van der Waals surface area (Å²) in [6.45, 7) is 3.33. The van der Waals surface area contributed by atoms with Crippen LogP contribution in [-0.2, 0) is 17.4 Å². The predicted octanol–water partition coefficient (Wildman–Crippen LogP) is 5.18. The van der Waals surface area contributed by atoms with E-state index in [1.807, 2.05) is 0 Å². The van der Waals surface area contributed by atoms with Gasteiger partial charge in [0, 0.05) is 38.7 Å². The van der Waals surface area contributed by atoms with Gasteiger partial charge in [-0.05, 0) is 36.4 Å². The molecule has 0 atom stereocenters. The normalized spacial score (nSPS) is 12.9. The van der Waals surface area contributed by atoms with Gasteiger partial charge in [-0.15, -0.1) is 0 Å². The minimum absolute atomic E-state index is 0.0286. The number of carbonyl (C=O) groups is 1. The topological polar surface area (TPSA) is 79.4 Å². The number of benzene rings is 2. The van der Waals surface area contributed by atoms with Gasteiger partial charge in [0.25, 0.3) is 0 Å². The molecule has 11 heteroatoms. The second-order valence-corrected chi connectivity index (χ2v) is 8.04. The number of rotatable bonds is 7. The first-order valence-electron chi connectivity index (χ1n) is 10.5. The Kier molecular flexibility index (Phi) is 6.78. The number of amides is 1. The van der Waals surface area contributed by atoms with E-state index in [-0.39, 0.29) is 22.4 Å². The van der Waals surface area contributed by atoms with Crippen molar-refractivity contribution in [2.45, 2.75) is 19.5 Å². The Morgan fingerprint density at radius 2 is 2.03 bits per heavy atom. The lowest BCUT2D eigenvalue weighted by molar-refractivity contribution is -0.137. The molecule has 1 amide bonds. The second-order valence-electron chi connectivity index (χ2n) is 7.64. The van der Waals surface area contributed by atoms with E-state index in [1.54, 1.807) is 18.2 Å². The summed E-state index contributed by atoms with van der Waals surface area (Å²) in [5.41, 5.74) is 1.57. The number of nitrogens with one attached hydrogen (secondary N) is 2. The highest BCUT2D eigenvalue weighted by molar-refractivity contribution is 6.32. The van der Waals surface area contributed by atoms with E-state index in [9.17, 15) is 18.0 Å². The summed E-state index contributed by atoms with van der Waals surface area (Å²) in [7, 11) is 0. The molecule has 2 heterocycles. The Hall–Kier alpha value is -3.53. The van der Waals surface area contributed by atoms with Crippen LogP contribution >= 0.6 is 11.6 Å². The SMILES string of the molecule is CC(=O)NCCN1CCc2ncnc(Nc3ccc(Oc4cccc(C(F)(F)F)c4)c(Cl)c3)c21.